The minimum absolute atomic E-state index is 0.137. The van der Waals surface area contributed by atoms with Crippen LogP contribution in [0.1, 0.15) is 25.6 Å². The number of carbonyl (C=O) groups is 2. The van der Waals surface area contributed by atoms with Gasteiger partial charge in [-0.05, 0) is 60.0 Å². The lowest BCUT2D eigenvalue weighted by molar-refractivity contribution is 0.0730. The zero-order chi connectivity index (χ0) is 17.6. The van der Waals surface area contributed by atoms with Crippen molar-refractivity contribution in [1.82, 2.24) is 0 Å². The van der Waals surface area contributed by atoms with Crippen molar-refractivity contribution >= 4 is 29.2 Å². The van der Waals surface area contributed by atoms with Gasteiger partial charge in [-0.2, -0.15) is 0 Å². The molecule has 0 amide bonds. The van der Waals surface area contributed by atoms with Gasteiger partial charge in [0, 0.05) is 10.4 Å². The highest BCUT2D eigenvalue weighted by molar-refractivity contribution is 7.10. The maximum Gasteiger partial charge on any atom is 0.346 e. The smallest absolute Gasteiger partial charge is 0.346 e. The minimum atomic E-state index is -0.783. The van der Waals surface area contributed by atoms with Crippen LogP contribution in [0, 0.1) is 5.82 Å². The van der Waals surface area contributed by atoms with Crippen LogP contribution >= 0.6 is 11.3 Å². The lowest BCUT2D eigenvalue weighted by Gasteiger charge is -2.05. The molecule has 0 aliphatic heterocycles. The Labute approximate surface area is 148 Å². The van der Waals surface area contributed by atoms with Crippen molar-refractivity contribution in [3.8, 4) is 5.75 Å². The fourth-order valence-corrected chi connectivity index (χ4v) is 2.73. The van der Waals surface area contributed by atoms with Crippen LogP contribution in [0.3, 0.4) is 0 Å². The highest BCUT2D eigenvalue weighted by Crippen LogP contribution is 2.17. The van der Waals surface area contributed by atoms with Gasteiger partial charge in [-0.15, -0.1) is 11.3 Å². The average Bonchev–Trinajstić information content (AvgIpc) is 3.14. The molecule has 0 fully saturated rings. The summed E-state index contributed by atoms with van der Waals surface area (Å²) < 4.78 is 18.7. The Hall–Kier alpha value is -3.05. The average molecular weight is 352 g/mol. The van der Waals surface area contributed by atoms with Crippen molar-refractivity contribution in [2.24, 2.45) is 0 Å². The second-order valence-corrected chi connectivity index (χ2v) is 6.09. The van der Waals surface area contributed by atoms with Gasteiger partial charge in [0.25, 0.3) is 0 Å². The lowest BCUT2D eigenvalue weighted by Crippen LogP contribution is -2.10. The van der Waals surface area contributed by atoms with Crippen molar-refractivity contribution in [2.45, 2.75) is 0 Å². The molecule has 0 N–H and O–H groups in total. The molecule has 3 rings (SSSR count). The predicted molar refractivity (Wildman–Crippen MR) is 95.5 cm³/mol. The van der Waals surface area contributed by atoms with E-state index in [1.54, 1.807) is 35.6 Å². The summed E-state index contributed by atoms with van der Waals surface area (Å²) in [6.45, 7) is 0. The SMILES string of the molecule is O=C(/C=C/c1cccs1)c1ccc(OC(=O)c2ccccc2F)cc1. The van der Waals surface area contributed by atoms with Crippen LogP contribution in [0.25, 0.3) is 6.08 Å². The highest BCUT2D eigenvalue weighted by atomic mass is 32.1. The van der Waals surface area contributed by atoms with Gasteiger partial charge in [-0.3, -0.25) is 4.79 Å². The molecule has 1 heterocycles. The molecule has 0 spiro atoms. The first-order valence-corrected chi connectivity index (χ1v) is 8.34. The van der Waals surface area contributed by atoms with Gasteiger partial charge in [0.15, 0.2) is 5.78 Å². The first-order chi connectivity index (χ1) is 12.1. The number of thiophene rings is 1. The summed E-state index contributed by atoms with van der Waals surface area (Å²) in [5.41, 5.74) is 0.333. The van der Waals surface area contributed by atoms with E-state index in [1.807, 2.05) is 17.5 Å². The molecule has 0 bridgehead atoms. The summed E-state index contributed by atoms with van der Waals surface area (Å²) in [4.78, 5) is 25.0. The summed E-state index contributed by atoms with van der Waals surface area (Å²) in [5, 5.41) is 1.93. The molecule has 0 radical (unpaired) electrons. The molecule has 3 aromatic rings. The van der Waals surface area contributed by atoms with Crippen LogP contribution in [0.5, 0.6) is 5.75 Å². The van der Waals surface area contributed by atoms with Crippen molar-refractivity contribution in [1.29, 1.82) is 0 Å². The third-order valence-electron chi connectivity index (χ3n) is 3.39. The van der Waals surface area contributed by atoms with E-state index < -0.39 is 11.8 Å². The topological polar surface area (TPSA) is 43.4 Å². The largest absolute Gasteiger partial charge is 0.423 e. The van der Waals surface area contributed by atoms with E-state index in [0.717, 1.165) is 4.88 Å². The Morgan fingerprint density at radius 2 is 1.72 bits per heavy atom. The molecule has 5 heteroatoms. The monoisotopic (exact) mass is 352 g/mol. The number of ether oxygens (including phenoxy) is 1. The summed E-state index contributed by atoms with van der Waals surface area (Å²) in [6, 6.07) is 15.6. The molecule has 0 aliphatic carbocycles. The van der Waals surface area contributed by atoms with Crippen LogP contribution in [0.4, 0.5) is 4.39 Å². The Morgan fingerprint density at radius 1 is 0.960 bits per heavy atom. The third-order valence-corrected chi connectivity index (χ3v) is 4.22. The van der Waals surface area contributed by atoms with Crippen LogP contribution in [-0.2, 0) is 0 Å². The third kappa shape index (κ3) is 4.28. The van der Waals surface area contributed by atoms with Gasteiger partial charge in [0.05, 0.1) is 5.56 Å². The number of carbonyl (C=O) groups excluding carboxylic acids is 2. The summed E-state index contributed by atoms with van der Waals surface area (Å²) in [7, 11) is 0. The molecular weight excluding hydrogens is 339 g/mol. The van der Waals surface area contributed by atoms with Crippen molar-refractivity contribution < 1.29 is 18.7 Å². The first-order valence-electron chi connectivity index (χ1n) is 7.46. The second kappa shape index (κ2) is 7.68. The lowest BCUT2D eigenvalue weighted by atomic mass is 10.1. The molecule has 25 heavy (non-hydrogen) atoms. The molecule has 0 atom stereocenters. The minimum Gasteiger partial charge on any atom is -0.423 e. The number of halogens is 1. The highest BCUT2D eigenvalue weighted by Gasteiger charge is 2.13. The van der Waals surface area contributed by atoms with E-state index >= 15 is 0 Å². The van der Waals surface area contributed by atoms with E-state index in [-0.39, 0.29) is 17.1 Å². The van der Waals surface area contributed by atoms with Crippen LogP contribution in [-0.4, -0.2) is 11.8 Å². The molecule has 1 aromatic heterocycles. The van der Waals surface area contributed by atoms with E-state index in [0.29, 0.717) is 5.56 Å². The number of ketones is 1. The quantitative estimate of drug-likeness (QED) is 0.281. The Bertz CT molecular complexity index is 912. The molecule has 0 unspecified atom stereocenters. The molecular formula is C20H13FO3S. The van der Waals surface area contributed by atoms with Gasteiger partial charge < -0.3 is 4.74 Å². The number of hydrogen-bond donors (Lipinski definition) is 0. The molecule has 0 aliphatic rings. The van der Waals surface area contributed by atoms with Crippen LogP contribution in [0.15, 0.2) is 72.1 Å². The first kappa shape index (κ1) is 16.8. The van der Waals surface area contributed by atoms with E-state index in [2.05, 4.69) is 0 Å². The van der Waals surface area contributed by atoms with E-state index in [9.17, 15) is 14.0 Å². The number of hydrogen-bond acceptors (Lipinski definition) is 4. The number of benzene rings is 2. The Balaban J connectivity index is 1.67. The normalized spacial score (nSPS) is 10.8. The van der Waals surface area contributed by atoms with E-state index in [4.69, 9.17) is 4.74 Å². The van der Waals surface area contributed by atoms with Crippen LogP contribution < -0.4 is 4.74 Å². The van der Waals surface area contributed by atoms with Crippen molar-refractivity contribution in [3.63, 3.8) is 0 Å². The standard InChI is InChI=1S/C20H13FO3S/c21-18-6-2-1-5-17(18)20(23)24-15-9-7-14(8-10-15)19(22)12-11-16-4-3-13-25-16/h1-13H/b12-11+. The van der Waals surface area contributed by atoms with Crippen molar-refractivity contribution in [3.05, 3.63) is 93.9 Å². The molecule has 0 saturated carbocycles. The number of esters is 1. The Kier molecular flexibility index (Phi) is 5.16. The van der Waals surface area contributed by atoms with Gasteiger partial charge in [-0.1, -0.05) is 18.2 Å². The van der Waals surface area contributed by atoms with E-state index in [1.165, 1.54) is 36.4 Å². The zero-order valence-electron chi connectivity index (χ0n) is 13.0. The Morgan fingerprint density at radius 3 is 2.40 bits per heavy atom. The fraction of sp³-hybridized carbons (Fsp3) is 0. The summed E-state index contributed by atoms with van der Waals surface area (Å²) >= 11 is 1.54. The number of allylic oxidation sites excluding steroid dienone is 1. The summed E-state index contributed by atoms with van der Waals surface area (Å²) in [5.74, 6) is -1.33. The summed E-state index contributed by atoms with van der Waals surface area (Å²) in [6.07, 6.45) is 3.24. The molecule has 0 saturated heterocycles. The molecule has 2 aromatic carbocycles. The molecule has 124 valence electrons. The van der Waals surface area contributed by atoms with Crippen molar-refractivity contribution in [2.75, 3.05) is 0 Å². The molecule has 3 nitrogen and oxygen atoms in total. The number of rotatable bonds is 5. The van der Waals surface area contributed by atoms with Gasteiger partial charge in [-0.25, -0.2) is 9.18 Å². The van der Waals surface area contributed by atoms with Crippen LogP contribution in [0.2, 0.25) is 0 Å². The zero-order valence-corrected chi connectivity index (χ0v) is 13.8. The maximum absolute atomic E-state index is 13.6. The predicted octanol–water partition coefficient (Wildman–Crippen LogP) is 5.00. The van der Waals surface area contributed by atoms with Gasteiger partial charge in [0.1, 0.15) is 11.6 Å². The second-order valence-electron chi connectivity index (χ2n) is 5.11. The maximum atomic E-state index is 13.6. The fourth-order valence-electron chi connectivity index (χ4n) is 2.12. The van der Waals surface area contributed by atoms with Gasteiger partial charge >= 0.3 is 5.97 Å². The van der Waals surface area contributed by atoms with Gasteiger partial charge in [0.2, 0.25) is 0 Å².